The number of rotatable bonds is 3. The number of nitrogens with one attached hydrogen (secondary N) is 1. The number of aromatic amines is 1. The topological polar surface area (TPSA) is 45.8 Å². The molecule has 19 heavy (non-hydrogen) atoms. The molecule has 0 amide bonds. The number of H-pyrrole nitrogens is 1. The van der Waals surface area contributed by atoms with Crippen LogP contribution in [0.2, 0.25) is 0 Å². The van der Waals surface area contributed by atoms with Gasteiger partial charge in [-0.05, 0) is 47.2 Å². The summed E-state index contributed by atoms with van der Waals surface area (Å²) < 4.78 is 0.583. The van der Waals surface area contributed by atoms with Crippen LogP contribution in [0.15, 0.2) is 38.4 Å². The van der Waals surface area contributed by atoms with Gasteiger partial charge in [-0.1, -0.05) is 12.1 Å². The maximum absolute atomic E-state index is 11.9. The minimum absolute atomic E-state index is 0.0964. The lowest BCUT2D eigenvalue weighted by Gasteiger charge is -2.06. The van der Waals surface area contributed by atoms with E-state index in [1.165, 1.54) is 4.90 Å². The van der Waals surface area contributed by atoms with Crippen molar-refractivity contribution in [2.24, 2.45) is 0 Å². The Morgan fingerprint density at radius 2 is 2.00 bits per heavy atom. The molecule has 0 radical (unpaired) electrons. The molecule has 0 atom stereocenters. The first kappa shape index (κ1) is 12.9. The minimum atomic E-state index is -0.0964. The predicted octanol–water partition coefficient (Wildman–Crippen LogP) is 3.80. The Labute approximate surface area is 124 Å². The summed E-state index contributed by atoms with van der Waals surface area (Å²) in [6, 6.07) is 8.07. The van der Waals surface area contributed by atoms with E-state index in [4.69, 9.17) is 0 Å². The maximum atomic E-state index is 11.9. The monoisotopic (exact) mass is 336 g/mol. The quantitative estimate of drug-likeness (QED) is 0.867. The van der Waals surface area contributed by atoms with Crippen LogP contribution in [0, 0.1) is 0 Å². The van der Waals surface area contributed by atoms with Crippen LogP contribution >= 0.6 is 27.7 Å². The van der Waals surface area contributed by atoms with Gasteiger partial charge in [0.15, 0.2) is 0 Å². The third-order valence-corrected chi connectivity index (χ3v) is 4.73. The van der Waals surface area contributed by atoms with E-state index in [-0.39, 0.29) is 5.56 Å². The van der Waals surface area contributed by atoms with Crippen LogP contribution < -0.4 is 5.56 Å². The van der Waals surface area contributed by atoms with Gasteiger partial charge in [-0.15, -0.1) is 11.8 Å². The Balaban J connectivity index is 2.06. The first-order valence-corrected chi connectivity index (χ1v) is 8.15. The third kappa shape index (κ3) is 2.62. The zero-order valence-corrected chi connectivity index (χ0v) is 12.8. The predicted molar refractivity (Wildman–Crippen MR) is 81.7 cm³/mol. The lowest BCUT2D eigenvalue weighted by Crippen LogP contribution is -2.13. The summed E-state index contributed by atoms with van der Waals surface area (Å²) in [5.41, 5.74) is 1.75. The molecule has 0 bridgehead atoms. The highest BCUT2D eigenvalue weighted by Gasteiger charge is 2.29. The molecule has 1 aromatic carbocycles. The Morgan fingerprint density at radius 1 is 1.32 bits per heavy atom. The van der Waals surface area contributed by atoms with Gasteiger partial charge in [-0.25, -0.2) is 4.98 Å². The largest absolute Gasteiger partial charge is 0.306 e. The van der Waals surface area contributed by atoms with Gasteiger partial charge >= 0.3 is 0 Å². The van der Waals surface area contributed by atoms with Crippen molar-refractivity contribution < 1.29 is 0 Å². The van der Waals surface area contributed by atoms with Crippen LogP contribution in [-0.4, -0.2) is 16.2 Å². The van der Waals surface area contributed by atoms with E-state index >= 15 is 0 Å². The Hall–Kier alpha value is -1.07. The number of benzene rings is 1. The van der Waals surface area contributed by atoms with Gasteiger partial charge in [0, 0.05) is 16.4 Å². The molecule has 1 aliphatic carbocycles. The van der Waals surface area contributed by atoms with Crippen molar-refractivity contribution >= 4 is 27.7 Å². The number of hydrogen-bond donors (Lipinski definition) is 1. The number of aromatic nitrogens is 2. The van der Waals surface area contributed by atoms with Crippen LogP contribution in [0.5, 0.6) is 0 Å². The van der Waals surface area contributed by atoms with Crippen molar-refractivity contribution in [3.05, 3.63) is 44.8 Å². The highest BCUT2D eigenvalue weighted by molar-refractivity contribution is 9.10. The van der Waals surface area contributed by atoms with E-state index in [1.807, 2.05) is 30.5 Å². The summed E-state index contributed by atoms with van der Waals surface area (Å²) in [6.45, 7) is 0. The molecule has 98 valence electrons. The molecule has 5 heteroatoms. The van der Waals surface area contributed by atoms with Gasteiger partial charge in [-0.3, -0.25) is 4.79 Å². The zero-order valence-electron chi connectivity index (χ0n) is 10.4. The van der Waals surface area contributed by atoms with Crippen LogP contribution in [-0.2, 0) is 0 Å². The van der Waals surface area contributed by atoms with Gasteiger partial charge in [0.05, 0.1) is 5.69 Å². The number of thioether (sulfide) groups is 1. The summed E-state index contributed by atoms with van der Waals surface area (Å²) in [4.78, 5) is 20.6. The van der Waals surface area contributed by atoms with Crippen molar-refractivity contribution in [2.75, 3.05) is 6.26 Å². The lowest BCUT2D eigenvalue weighted by atomic mass is 10.2. The Bertz CT molecular complexity index is 662. The average molecular weight is 337 g/mol. The highest BCUT2D eigenvalue weighted by Crippen LogP contribution is 2.41. The summed E-state index contributed by atoms with van der Waals surface area (Å²) in [6.07, 6.45) is 4.29. The maximum Gasteiger partial charge on any atom is 0.265 e. The van der Waals surface area contributed by atoms with Gasteiger partial charge in [0.25, 0.3) is 5.56 Å². The standard InChI is InChI=1S/C14H13BrN2OS/c1-19-10-6-4-9(5-7-10)13-16-12(8-2-3-8)11(15)14(18)17-13/h4-8H,2-3H2,1H3,(H,16,17,18). The zero-order chi connectivity index (χ0) is 13.4. The fraction of sp³-hybridized carbons (Fsp3) is 0.286. The molecule has 1 aromatic heterocycles. The number of halogens is 1. The lowest BCUT2D eigenvalue weighted by molar-refractivity contribution is 0.960. The minimum Gasteiger partial charge on any atom is -0.306 e. The second-order valence-electron chi connectivity index (χ2n) is 4.62. The SMILES string of the molecule is CSc1ccc(-c2nc(C3CC3)c(Br)c(=O)[nH]2)cc1. The molecule has 1 saturated carbocycles. The summed E-state index contributed by atoms with van der Waals surface area (Å²) in [5, 5.41) is 0. The van der Waals surface area contributed by atoms with E-state index in [2.05, 4.69) is 25.9 Å². The first-order valence-electron chi connectivity index (χ1n) is 6.13. The van der Waals surface area contributed by atoms with Crippen molar-refractivity contribution in [2.45, 2.75) is 23.7 Å². The van der Waals surface area contributed by atoms with Gasteiger partial charge in [0.2, 0.25) is 0 Å². The molecule has 3 nitrogen and oxygen atoms in total. The van der Waals surface area contributed by atoms with E-state index in [9.17, 15) is 4.79 Å². The summed E-state index contributed by atoms with van der Waals surface area (Å²) in [5.74, 6) is 1.10. The van der Waals surface area contributed by atoms with Crippen molar-refractivity contribution in [1.29, 1.82) is 0 Å². The van der Waals surface area contributed by atoms with Crippen LogP contribution in [0.25, 0.3) is 11.4 Å². The molecule has 0 unspecified atom stereocenters. The van der Waals surface area contributed by atoms with E-state index in [0.717, 1.165) is 24.1 Å². The fourth-order valence-corrected chi connectivity index (χ4v) is 2.91. The van der Waals surface area contributed by atoms with E-state index in [0.29, 0.717) is 16.2 Å². The van der Waals surface area contributed by atoms with Gasteiger partial charge in [0.1, 0.15) is 10.3 Å². The molecule has 3 rings (SSSR count). The Kier molecular flexibility index (Phi) is 3.50. The molecule has 1 heterocycles. The molecule has 1 aliphatic rings. The highest BCUT2D eigenvalue weighted by atomic mass is 79.9. The fourth-order valence-electron chi connectivity index (χ4n) is 1.99. The smallest absolute Gasteiger partial charge is 0.265 e. The first-order chi connectivity index (χ1) is 9.19. The molecule has 0 aliphatic heterocycles. The summed E-state index contributed by atoms with van der Waals surface area (Å²) in [7, 11) is 0. The molecule has 1 N–H and O–H groups in total. The summed E-state index contributed by atoms with van der Waals surface area (Å²) >= 11 is 5.04. The van der Waals surface area contributed by atoms with E-state index in [1.54, 1.807) is 11.8 Å². The average Bonchev–Trinajstić information content (AvgIpc) is 3.26. The molecule has 0 spiro atoms. The van der Waals surface area contributed by atoms with Gasteiger partial charge in [-0.2, -0.15) is 0 Å². The molecule has 0 saturated heterocycles. The third-order valence-electron chi connectivity index (χ3n) is 3.22. The van der Waals surface area contributed by atoms with Crippen molar-refractivity contribution in [3.8, 4) is 11.4 Å². The number of nitrogens with zero attached hydrogens (tertiary/aromatic N) is 1. The van der Waals surface area contributed by atoms with E-state index < -0.39 is 0 Å². The molecular formula is C14H13BrN2OS. The molecule has 1 fully saturated rings. The van der Waals surface area contributed by atoms with Crippen LogP contribution in [0.1, 0.15) is 24.5 Å². The number of hydrogen-bond acceptors (Lipinski definition) is 3. The van der Waals surface area contributed by atoms with Crippen molar-refractivity contribution in [1.82, 2.24) is 9.97 Å². The Morgan fingerprint density at radius 3 is 2.58 bits per heavy atom. The van der Waals surface area contributed by atoms with Crippen molar-refractivity contribution in [3.63, 3.8) is 0 Å². The molecule has 2 aromatic rings. The molecular weight excluding hydrogens is 324 g/mol. The normalized spacial score (nSPS) is 14.6. The second-order valence-corrected chi connectivity index (χ2v) is 6.29. The van der Waals surface area contributed by atoms with Crippen LogP contribution in [0.3, 0.4) is 0 Å². The van der Waals surface area contributed by atoms with Crippen LogP contribution in [0.4, 0.5) is 0 Å². The second kappa shape index (κ2) is 5.13. The van der Waals surface area contributed by atoms with Gasteiger partial charge < -0.3 is 4.98 Å².